The molecule has 1 aromatic carbocycles. The largest absolute Gasteiger partial charge is 0.496 e. The van der Waals surface area contributed by atoms with Gasteiger partial charge in [-0.05, 0) is 30.7 Å². The number of ether oxygens (including phenoxy) is 2. The Kier molecular flexibility index (Phi) is 3.80. The molecule has 0 aliphatic heterocycles. The molecule has 0 atom stereocenters. The van der Waals surface area contributed by atoms with Crippen molar-refractivity contribution >= 4 is 5.97 Å². The Bertz CT molecular complexity index is 608. The van der Waals surface area contributed by atoms with E-state index in [0.717, 1.165) is 16.9 Å². The average Bonchev–Trinajstić information content (AvgIpc) is 2.47. The first-order valence-electron chi connectivity index (χ1n) is 5.86. The number of hydrogen-bond acceptors (Lipinski definition) is 4. The molecule has 2 aromatic rings. The highest BCUT2D eigenvalue weighted by molar-refractivity contribution is 5.89. The second-order valence-corrected chi connectivity index (χ2v) is 4.05. The summed E-state index contributed by atoms with van der Waals surface area (Å²) in [5.41, 5.74) is 2.63. The van der Waals surface area contributed by atoms with Crippen LogP contribution < -0.4 is 4.74 Å². The van der Waals surface area contributed by atoms with Crippen molar-refractivity contribution in [1.82, 2.24) is 4.98 Å². The van der Waals surface area contributed by atoms with E-state index in [1.807, 2.05) is 43.3 Å². The van der Waals surface area contributed by atoms with Crippen LogP contribution in [0.2, 0.25) is 0 Å². The maximum Gasteiger partial charge on any atom is 0.356 e. The molecule has 0 amide bonds. The molecule has 2 rings (SSSR count). The minimum absolute atomic E-state index is 0.325. The molecule has 0 fully saturated rings. The fraction of sp³-hybridized carbons (Fsp3) is 0.200. The highest BCUT2D eigenvalue weighted by atomic mass is 16.5. The van der Waals surface area contributed by atoms with E-state index < -0.39 is 5.97 Å². The standard InChI is InChI=1S/C15H15NO3/c1-10-8-9-12(16-14(10)15(17)19-3)11-6-4-5-7-13(11)18-2/h4-9H,1-3H3. The number of pyridine rings is 1. The fourth-order valence-electron chi connectivity index (χ4n) is 1.84. The van der Waals surface area contributed by atoms with E-state index in [4.69, 9.17) is 9.47 Å². The summed E-state index contributed by atoms with van der Waals surface area (Å²) >= 11 is 0. The Hall–Kier alpha value is -2.36. The van der Waals surface area contributed by atoms with E-state index in [-0.39, 0.29) is 0 Å². The maximum atomic E-state index is 11.7. The normalized spacial score (nSPS) is 10.1. The van der Waals surface area contributed by atoms with Gasteiger partial charge in [0.1, 0.15) is 5.75 Å². The highest BCUT2D eigenvalue weighted by Crippen LogP contribution is 2.28. The van der Waals surface area contributed by atoms with E-state index in [1.54, 1.807) is 7.11 Å². The van der Waals surface area contributed by atoms with Gasteiger partial charge in [-0.25, -0.2) is 9.78 Å². The summed E-state index contributed by atoms with van der Waals surface area (Å²) in [5, 5.41) is 0. The summed E-state index contributed by atoms with van der Waals surface area (Å²) in [4.78, 5) is 16.0. The smallest absolute Gasteiger partial charge is 0.356 e. The predicted molar refractivity (Wildman–Crippen MR) is 72.3 cm³/mol. The Labute approximate surface area is 112 Å². The quantitative estimate of drug-likeness (QED) is 0.793. The minimum Gasteiger partial charge on any atom is -0.496 e. The first-order valence-corrected chi connectivity index (χ1v) is 5.86. The van der Waals surface area contributed by atoms with Crippen molar-refractivity contribution in [3.05, 3.63) is 47.7 Å². The second kappa shape index (κ2) is 5.52. The molecule has 19 heavy (non-hydrogen) atoms. The number of para-hydroxylation sites is 1. The predicted octanol–water partition coefficient (Wildman–Crippen LogP) is 2.85. The number of nitrogens with zero attached hydrogens (tertiary/aromatic N) is 1. The molecule has 98 valence electrons. The fourth-order valence-corrected chi connectivity index (χ4v) is 1.84. The van der Waals surface area contributed by atoms with E-state index in [0.29, 0.717) is 11.4 Å². The van der Waals surface area contributed by atoms with Gasteiger partial charge in [0.05, 0.1) is 19.9 Å². The molecule has 0 bridgehead atoms. The lowest BCUT2D eigenvalue weighted by Crippen LogP contribution is -2.07. The van der Waals surface area contributed by atoms with Gasteiger partial charge in [-0.1, -0.05) is 18.2 Å². The van der Waals surface area contributed by atoms with Gasteiger partial charge in [-0.3, -0.25) is 0 Å². The number of aromatic nitrogens is 1. The van der Waals surface area contributed by atoms with Crippen LogP contribution in [0.15, 0.2) is 36.4 Å². The SMILES string of the molecule is COC(=O)c1nc(-c2ccccc2OC)ccc1C. The van der Waals surface area contributed by atoms with Crippen LogP contribution in [0.3, 0.4) is 0 Å². The van der Waals surface area contributed by atoms with Crippen LogP contribution in [0.4, 0.5) is 0 Å². The topological polar surface area (TPSA) is 48.4 Å². The van der Waals surface area contributed by atoms with Crippen molar-refractivity contribution in [2.45, 2.75) is 6.92 Å². The number of methoxy groups -OCH3 is 2. The molecule has 1 aromatic heterocycles. The van der Waals surface area contributed by atoms with Crippen LogP contribution in [0.25, 0.3) is 11.3 Å². The van der Waals surface area contributed by atoms with Gasteiger partial charge in [0, 0.05) is 5.56 Å². The molecule has 0 saturated heterocycles. The van der Waals surface area contributed by atoms with Gasteiger partial charge < -0.3 is 9.47 Å². The third kappa shape index (κ3) is 2.57. The molecule has 0 N–H and O–H groups in total. The lowest BCUT2D eigenvalue weighted by atomic mass is 10.1. The Morgan fingerprint density at radius 1 is 1.11 bits per heavy atom. The summed E-state index contributed by atoms with van der Waals surface area (Å²) in [6.45, 7) is 1.82. The van der Waals surface area contributed by atoms with Crippen molar-refractivity contribution in [2.24, 2.45) is 0 Å². The highest BCUT2D eigenvalue weighted by Gasteiger charge is 2.14. The van der Waals surface area contributed by atoms with Crippen molar-refractivity contribution in [3.63, 3.8) is 0 Å². The molecule has 1 heterocycles. The van der Waals surface area contributed by atoms with E-state index in [1.165, 1.54) is 7.11 Å². The summed E-state index contributed by atoms with van der Waals surface area (Å²) in [7, 11) is 2.95. The number of carbonyl (C=O) groups excluding carboxylic acids is 1. The molecule has 4 heteroatoms. The van der Waals surface area contributed by atoms with Crippen LogP contribution >= 0.6 is 0 Å². The molecule has 0 radical (unpaired) electrons. The maximum absolute atomic E-state index is 11.7. The van der Waals surface area contributed by atoms with Crippen molar-refractivity contribution in [3.8, 4) is 17.0 Å². The third-order valence-electron chi connectivity index (χ3n) is 2.86. The van der Waals surface area contributed by atoms with Gasteiger partial charge in [0.2, 0.25) is 0 Å². The third-order valence-corrected chi connectivity index (χ3v) is 2.86. The zero-order valence-electron chi connectivity index (χ0n) is 11.1. The van der Waals surface area contributed by atoms with E-state index >= 15 is 0 Å². The lowest BCUT2D eigenvalue weighted by Gasteiger charge is -2.09. The van der Waals surface area contributed by atoms with Crippen molar-refractivity contribution < 1.29 is 14.3 Å². The number of rotatable bonds is 3. The lowest BCUT2D eigenvalue weighted by molar-refractivity contribution is 0.0593. The Morgan fingerprint density at radius 2 is 1.84 bits per heavy atom. The van der Waals surface area contributed by atoms with Gasteiger partial charge >= 0.3 is 5.97 Å². The Balaban J connectivity index is 2.54. The minimum atomic E-state index is -0.436. The van der Waals surface area contributed by atoms with Gasteiger partial charge in [0.25, 0.3) is 0 Å². The van der Waals surface area contributed by atoms with Crippen LogP contribution in [-0.2, 0) is 4.74 Å². The molecule has 0 spiro atoms. The van der Waals surface area contributed by atoms with Crippen LogP contribution in [0, 0.1) is 6.92 Å². The number of benzene rings is 1. The second-order valence-electron chi connectivity index (χ2n) is 4.05. The van der Waals surface area contributed by atoms with Crippen molar-refractivity contribution in [2.75, 3.05) is 14.2 Å². The molecule has 0 unspecified atom stereocenters. The van der Waals surface area contributed by atoms with Gasteiger partial charge in [0.15, 0.2) is 5.69 Å². The molecule has 0 aliphatic rings. The zero-order valence-corrected chi connectivity index (χ0v) is 11.1. The molecule has 0 saturated carbocycles. The number of aryl methyl sites for hydroxylation is 1. The Morgan fingerprint density at radius 3 is 2.53 bits per heavy atom. The number of carbonyl (C=O) groups is 1. The zero-order chi connectivity index (χ0) is 13.8. The summed E-state index contributed by atoms with van der Waals surface area (Å²) < 4.78 is 10.0. The summed E-state index contributed by atoms with van der Waals surface area (Å²) in [6.07, 6.45) is 0. The number of hydrogen-bond donors (Lipinski definition) is 0. The van der Waals surface area contributed by atoms with Gasteiger partial charge in [-0.2, -0.15) is 0 Å². The van der Waals surface area contributed by atoms with Crippen molar-refractivity contribution in [1.29, 1.82) is 0 Å². The monoisotopic (exact) mass is 257 g/mol. The van der Waals surface area contributed by atoms with Crippen LogP contribution in [0.5, 0.6) is 5.75 Å². The van der Waals surface area contributed by atoms with Crippen LogP contribution in [0.1, 0.15) is 16.1 Å². The first-order chi connectivity index (χ1) is 9.17. The summed E-state index contributed by atoms with van der Waals surface area (Å²) in [5.74, 6) is 0.281. The molecule has 4 nitrogen and oxygen atoms in total. The van der Waals surface area contributed by atoms with E-state index in [2.05, 4.69) is 4.98 Å². The van der Waals surface area contributed by atoms with Gasteiger partial charge in [-0.15, -0.1) is 0 Å². The summed E-state index contributed by atoms with van der Waals surface area (Å²) in [6, 6.07) is 11.3. The van der Waals surface area contributed by atoms with E-state index in [9.17, 15) is 4.79 Å². The molecule has 0 aliphatic carbocycles. The molecular weight excluding hydrogens is 242 g/mol. The van der Waals surface area contributed by atoms with Crippen LogP contribution in [-0.4, -0.2) is 25.2 Å². The number of esters is 1. The average molecular weight is 257 g/mol. The molecular formula is C15H15NO3. The first kappa shape index (κ1) is 13.1.